The quantitative estimate of drug-likeness (QED) is 0.0683. The fraction of sp³-hybridized carbons (Fsp3) is 0.462. The number of nitrogens with one attached hydrogen (secondary N) is 2. The number of hydrogen-bond acceptors (Lipinski definition) is 11. The highest BCUT2D eigenvalue weighted by Gasteiger charge is 2.44. The number of thiazole rings is 1. The van der Waals surface area contributed by atoms with E-state index in [1.807, 2.05) is 36.3 Å². The summed E-state index contributed by atoms with van der Waals surface area (Å²) in [5.74, 6) is -5.69. The molecule has 59 heavy (non-hydrogen) atoms. The minimum atomic E-state index is -5.38. The zero-order valence-electron chi connectivity index (χ0n) is 31.8. The van der Waals surface area contributed by atoms with Crippen molar-refractivity contribution in [1.82, 2.24) is 25.1 Å². The molecule has 318 valence electrons. The maximum absolute atomic E-state index is 13.3. The van der Waals surface area contributed by atoms with E-state index in [1.54, 1.807) is 6.07 Å². The molecule has 0 bridgehead atoms. The van der Waals surface area contributed by atoms with Gasteiger partial charge in [-0.25, -0.2) is 14.6 Å². The van der Waals surface area contributed by atoms with Crippen LogP contribution in [0.25, 0.3) is 10.9 Å². The van der Waals surface area contributed by atoms with Gasteiger partial charge in [0.15, 0.2) is 5.75 Å². The van der Waals surface area contributed by atoms with Crippen molar-refractivity contribution in [3.8, 4) is 5.75 Å². The molecule has 2 aliphatic rings. The number of ether oxygens (including phenoxy) is 3. The van der Waals surface area contributed by atoms with Crippen molar-refractivity contribution in [3.05, 3.63) is 90.6 Å². The minimum Gasteiger partial charge on any atom is -0.449 e. The number of benzene rings is 2. The average Bonchev–Trinajstić information content (AvgIpc) is 3.69. The van der Waals surface area contributed by atoms with Crippen LogP contribution < -0.4 is 15.6 Å². The summed E-state index contributed by atoms with van der Waals surface area (Å²) in [7, 11) is 0. The predicted molar refractivity (Wildman–Crippen MR) is 204 cm³/mol. The molecule has 0 aliphatic carbocycles. The monoisotopic (exact) mass is 871 g/mol. The molecule has 12 nitrogen and oxygen atoms in total. The first kappa shape index (κ1) is 44.0. The van der Waals surface area contributed by atoms with E-state index >= 15 is 0 Å². The van der Waals surface area contributed by atoms with E-state index in [-0.39, 0.29) is 29.3 Å². The van der Waals surface area contributed by atoms with E-state index in [2.05, 4.69) is 24.9 Å². The standard InChI is InChI=1S/C39H40ClF6N5O7S/c1-22(2)33-48-27(20-59-33)34(53)51-16-17-56-37(21-51)11-14-50(15-12-37)19-24-5-3-4-23(31(24)40)10-13-47-18-29(58-36(55)39(44,45)46)25-6-8-28(57-35(54)38(41,42)43)32-26(25)7-9-30(52)49-32/h3-9,20,22,29,47H,10-19,21H2,1-2H3,(H,49,52)/t29-/m0/s1. The molecule has 1 spiro atoms. The number of alkyl halides is 6. The number of rotatable bonds is 12. The summed E-state index contributed by atoms with van der Waals surface area (Å²) in [6.07, 6.45) is -10.7. The van der Waals surface area contributed by atoms with Gasteiger partial charge in [-0.2, -0.15) is 26.3 Å². The lowest BCUT2D eigenvalue weighted by atomic mass is 9.89. The third-order valence-corrected chi connectivity index (χ3v) is 11.8. The van der Waals surface area contributed by atoms with Crippen LogP contribution in [0.2, 0.25) is 5.02 Å². The van der Waals surface area contributed by atoms with Crippen LogP contribution in [0.5, 0.6) is 5.75 Å². The third kappa shape index (κ3) is 10.6. The number of esters is 2. The van der Waals surface area contributed by atoms with Crippen LogP contribution in [0.1, 0.15) is 70.9 Å². The molecule has 4 aromatic rings. The molecule has 2 N–H and O–H groups in total. The molecule has 4 heterocycles. The van der Waals surface area contributed by atoms with Crippen LogP contribution in [0.3, 0.4) is 0 Å². The van der Waals surface area contributed by atoms with Gasteiger partial charge in [0.1, 0.15) is 11.8 Å². The molecule has 0 radical (unpaired) electrons. The number of hydrogen-bond donors (Lipinski definition) is 2. The number of nitrogens with zero attached hydrogens (tertiary/aromatic N) is 3. The SMILES string of the molecule is CC(C)c1nc(C(=O)N2CCOC3(CCN(Cc4cccc(CCNC[C@H](OC(=O)C(F)(F)F)c5ccc(OC(=O)C(F)(F)F)c6[nH]c(=O)ccc56)c4Cl)CC3)C2)cs1. The molecule has 2 fully saturated rings. The second kappa shape index (κ2) is 18.0. The second-order valence-corrected chi connectivity index (χ2v) is 15.9. The van der Waals surface area contributed by atoms with E-state index in [9.17, 15) is 45.5 Å². The molecule has 2 aromatic carbocycles. The largest absolute Gasteiger partial charge is 0.491 e. The summed E-state index contributed by atoms with van der Waals surface area (Å²) < 4.78 is 94.3. The Kier molecular flexibility index (Phi) is 13.4. The number of amides is 1. The van der Waals surface area contributed by atoms with Crippen LogP contribution in [0.15, 0.2) is 52.6 Å². The highest BCUT2D eigenvalue weighted by molar-refractivity contribution is 7.09. The summed E-state index contributed by atoms with van der Waals surface area (Å²) in [5.41, 5.74) is 0.236. The van der Waals surface area contributed by atoms with Crippen LogP contribution in [0.4, 0.5) is 26.3 Å². The molecule has 2 saturated heterocycles. The Balaban J connectivity index is 1.08. The number of H-pyrrole nitrogens is 1. The minimum absolute atomic E-state index is 0.0916. The number of piperidine rings is 1. The number of aromatic nitrogens is 2. The number of fused-ring (bicyclic) bond motifs is 1. The van der Waals surface area contributed by atoms with Crippen molar-refractivity contribution in [2.75, 3.05) is 45.9 Å². The molecule has 1 amide bonds. The molecular formula is C39H40ClF6N5O7S. The molecule has 2 aliphatic heterocycles. The predicted octanol–water partition coefficient (Wildman–Crippen LogP) is 6.72. The summed E-state index contributed by atoms with van der Waals surface area (Å²) in [4.78, 5) is 59.8. The number of aromatic amines is 1. The Morgan fingerprint density at radius 2 is 1.71 bits per heavy atom. The molecular weight excluding hydrogens is 832 g/mol. The van der Waals surface area contributed by atoms with Gasteiger partial charge in [0.25, 0.3) is 5.91 Å². The van der Waals surface area contributed by atoms with Crippen molar-refractivity contribution < 1.29 is 54.9 Å². The normalized spacial score (nSPS) is 16.7. The van der Waals surface area contributed by atoms with Crippen LogP contribution in [-0.4, -0.2) is 101 Å². The Bertz CT molecular complexity index is 2240. The summed E-state index contributed by atoms with van der Waals surface area (Å²) >= 11 is 8.34. The maximum Gasteiger partial charge on any atom is 0.491 e. The average molecular weight is 872 g/mol. The molecule has 20 heteroatoms. The smallest absolute Gasteiger partial charge is 0.449 e. The van der Waals surface area contributed by atoms with Crippen molar-refractivity contribution >= 4 is 51.7 Å². The van der Waals surface area contributed by atoms with Gasteiger partial charge < -0.3 is 29.4 Å². The van der Waals surface area contributed by atoms with Crippen LogP contribution in [0, 0.1) is 0 Å². The molecule has 1 atom stereocenters. The van der Waals surface area contributed by atoms with Gasteiger partial charge in [0.2, 0.25) is 5.56 Å². The Morgan fingerprint density at radius 1 is 1.00 bits per heavy atom. The van der Waals surface area contributed by atoms with Crippen molar-refractivity contribution in [3.63, 3.8) is 0 Å². The van der Waals surface area contributed by atoms with Gasteiger partial charge in [-0.05, 0) is 49.1 Å². The highest BCUT2D eigenvalue weighted by Crippen LogP contribution is 2.35. The summed E-state index contributed by atoms with van der Waals surface area (Å²) in [6, 6.07) is 9.49. The van der Waals surface area contributed by atoms with E-state index in [1.165, 1.54) is 11.3 Å². The second-order valence-electron chi connectivity index (χ2n) is 14.6. The van der Waals surface area contributed by atoms with Gasteiger partial charge in [0, 0.05) is 66.1 Å². The Hall–Kier alpha value is -4.56. The van der Waals surface area contributed by atoms with Crippen molar-refractivity contribution in [1.29, 1.82) is 0 Å². The van der Waals surface area contributed by atoms with Gasteiger partial charge in [0.05, 0.1) is 29.3 Å². The van der Waals surface area contributed by atoms with E-state index < -0.39 is 59.4 Å². The van der Waals surface area contributed by atoms with E-state index in [0.29, 0.717) is 69.3 Å². The van der Waals surface area contributed by atoms with Crippen LogP contribution in [-0.2, 0) is 32.0 Å². The van der Waals surface area contributed by atoms with Crippen molar-refractivity contribution in [2.45, 2.75) is 69.6 Å². The van der Waals surface area contributed by atoms with Crippen molar-refractivity contribution in [2.24, 2.45) is 0 Å². The number of likely N-dealkylation sites (tertiary alicyclic amines) is 1. The van der Waals surface area contributed by atoms with E-state index in [4.69, 9.17) is 21.1 Å². The van der Waals surface area contributed by atoms with Gasteiger partial charge in [-0.1, -0.05) is 49.7 Å². The fourth-order valence-corrected chi connectivity index (χ4v) is 8.17. The summed E-state index contributed by atoms with van der Waals surface area (Å²) in [5, 5.41) is 6.06. The zero-order chi connectivity index (χ0) is 42.7. The molecule has 6 rings (SSSR count). The lowest BCUT2D eigenvalue weighted by molar-refractivity contribution is -0.205. The van der Waals surface area contributed by atoms with Gasteiger partial charge >= 0.3 is 24.3 Å². The fourth-order valence-electron chi connectivity index (χ4n) is 7.08. The molecule has 0 saturated carbocycles. The molecule has 0 unspecified atom stereocenters. The zero-order valence-corrected chi connectivity index (χ0v) is 33.4. The van der Waals surface area contributed by atoms with E-state index in [0.717, 1.165) is 40.4 Å². The first-order valence-corrected chi connectivity index (χ1v) is 19.9. The lowest BCUT2D eigenvalue weighted by Crippen LogP contribution is -2.58. The first-order valence-electron chi connectivity index (χ1n) is 18.6. The maximum atomic E-state index is 13.3. The summed E-state index contributed by atoms with van der Waals surface area (Å²) in [6.45, 7) is 7.18. The highest BCUT2D eigenvalue weighted by atomic mass is 35.5. The number of halogens is 7. The topological polar surface area (TPSA) is 143 Å². The van der Waals surface area contributed by atoms with Gasteiger partial charge in [-0.15, -0.1) is 11.3 Å². The third-order valence-electron chi connectivity index (χ3n) is 10.1. The van der Waals surface area contributed by atoms with Crippen LogP contribution >= 0.6 is 22.9 Å². The number of carbonyl (C=O) groups excluding carboxylic acids is 3. The first-order chi connectivity index (χ1) is 27.8. The number of pyridine rings is 1. The number of morpholine rings is 1. The Morgan fingerprint density at radius 3 is 2.39 bits per heavy atom. The van der Waals surface area contributed by atoms with Gasteiger partial charge in [-0.3, -0.25) is 14.5 Å². The lowest BCUT2D eigenvalue weighted by Gasteiger charge is -2.47. The number of carbonyl (C=O) groups is 3. The molecule has 2 aromatic heterocycles. The Labute approximate surface area is 342 Å².